The highest BCUT2D eigenvalue weighted by Gasteiger charge is 2.34. The Bertz CT molecular complexity index is 203. The van der Waals surface area contributed by atoms with Crippen molar-refractivity contribution in [2.45, 2.75) is 26.3 Å². The maximum atomic E-state index is 11.1. The molecule has 1 aliphatic rings. The smallest absolute Gasteiger partial charge is 0.413 e. The Morgan fingerprint density at radius 1 is 1.55 bits per heavy atom. The third-order valence-corrected chi connectivity index (χ3v) is 1.60. The second-order valence-electron chi connectivity index (χ2n) is 3.66. The first-order chi connectivity index (χ1) is 4.91. The van der Waals surface area contributed by atoms with Crippen LogP contribution in [-0.4, -0.2) is 23.1 Å². The second kappa shape index (κ2) is 2.26. The summed E-state index contributed by atoms with van der Waals surface area (Å²) in [6.07, 6.45) is -0.289. The maximum absolute atomic E-state index is 11.1. The van der Waals surface area contributed by atoms with E-state index in [1.807, 2.05) is 20.8 Å². The Kier molecular flexibility index (Phi) is 1.66. The molecule has 0 radical (unpaired) electrons. The predicted molar refractivity (Wildman–Crippen MR) is 42.1 cm³/mol. The summed E-state index contributed by atoms with van der Waals surface area (Å²) in [4.78, 5) is 12.7. The molecule has 62 valence electrons. The van der Waals surface area contributed by atoms with Gasteiger partial charge in [-0.25, -0.2) is 4.79 Å². The first-order valence-electron chi connectivity index (χ1n) is 3.58. The highest BCUT2D eigenvalue weighted by molar-refractivity contribution is 5.72. The molecule has 1 aliphatic heterocycles. The second-order valence-corrected chi connectivity index (χ2v) is 3.66. The summed E-state index contributed by atoms with van der Waals surface area (Å²) in [5.41, 5.74) is -0.170. The van der Waals surface area contributed by atoms with Crippen molar-refractivity contribution in [1.29, 1.82) is 0 Å². The van der Waals surface area contributed by atoms with E-state index >= 15 is 0 Å². The van der Waals surface area contributed by atoms with Crippen LogP contribution in [0.4, 0.5) is 4.79 Å². The van der Waals surface area contributed by atoms with Crippen LogP contribution in [0, 0.1) is 0 Å². The molecule has 1 heterocycles. The summed E-state index contributed by atoms with van der Waals surface area (Å²) in [5, 5.41) is 0. The van der Waals surface area contributed by atoms with Crippen LogP contribution in [0.1, 0.15) is 20.8 Å². The van der Waals surface area contributed by atoms with Crippen LogP contribution in [0.15, 0.2) is 12.3 Å². The molecule has 1 amide bonds. The van der Waals surface area contributed by atoms with Gasteiger partial charge in [0.05, 0.1) is 6.54 Å². The highest BCUT2D eigenvalue weighted by Crippen LogP contribution is 2.22. The molecule has 0 saturated carbocycles. The van der Waals surface area contributed by atoms with Crippen LogP contribution in [0.5, 0.6) is 0 Å². The third-order valence-electron chi connectivity index (χ3n) is 1.60. The fourth-order valence-corrected chi connectivity index (χ4v) is 0.963. The molecule has 1 fully saturated rings. The van der Waals surface area contributed by atoms with Crippen molar-refractivity contribution in [3.8, 4) is 0 Å². The van der Waals surface area contributed by atoms with Gasteiger partial charge >= 0.3 is 6.09 Å². The van der Waals surface area contributed by atoms with Gasteiger partial charge in [-0.15, -0.1) is 0 Å². The van der Waals surface area contributed by atoms with Gasteiger partial charge in [-0.2, -0.15) is 0 Å². The van der Waals surface area contributed by atoms with Crippen molar-refractivity contribution in [2.24, 2.45) is 0 Å². The van der Waals surface area contributed by atoms with E-state index in [0.29, 0.717) is 12.3 Å². The lowest BCUT2D eigenvalue weighted by Crippen LogP contribution is -2.41. The highest BCUT2D eigenvalue weighted by atomic mass is 16.6. The van der Waals surface area contributed by atoms with Crippen molar-refractivity contribution in [1.82, 2.24) is 4.90 Å². The fraction of sp³-hybridized carbons (Fsp3) is 0.625. The molecule has 0 spiro atoms. The van der Waals surface area contributed by atoms with E-state index in [0.717, 1.165) is 0 Å². The topological polar surface area (TPSA) is 29.5 Å². The minimum atomic E-state index is -0.289. The van der Waals surface area contributed by atoms with E-state index < -0.39 is 0 Å². The predicted octanol–water partition coefficient (Wildman–Crippen LogP) is 1.75. The number of rotatable bonds is 0. The lowest BCUT2D eigenvalue weighted by atomic mass is 10.1. The van der Waals surface area contributed by atoms with Crippen molar-refractivity contribution in [3.05, 3.63) is 12.3 Å². The average molecular weight is 155 g/mol. The maximum Gasteiger partial charge on any atom is 0.415 e. The quantitative estimate of drug-likeness (QED) is 0.533. The molecule has 11 heavy (non-hydrogen) atoms. The van der Waals surface area contributed by atoms with E-state index in [4.69, 9.17) is 4.74 Å². The zero-order valence-electron chi connectivity index (χ0n) is 7.18. The molecule has 0 aromatic heterocycles. The van der Waals surface area contributed by atoms with Crippen LogP contribution < -0.4 is 0 Å². The first kappa shape index (κ1) is 8.11. The average Bonchev–Trinajstić information content (AvgIpc) is 2.08. The number of ether oxygens (including phenoxy) is 1. The molecule has 0 bridgehead atoms. The van der Waals surface area contributed by atoms with E-state index in [9.17, 15) is 4.79 Å². The van der Waals surface area contributed by atoms with E-state index in [1.54, 1.807) is 4.90 Å². The van der Waals surface area contributed by atoms with E-state index in [2.05, 4.69) is 6.58 Å². The Hall–Kier alpha value is -0.990. The molecule has 3 heteroatoms. The first-order valence-corrected chi connectivity index (χ1v) is 3.58. The molecule has 3 nitrogen and oxygen atoms in total. The standard InChI is InChI=1S/C8H13NO2/c1-6-5-9(7(10)11-6)8(2,3)4/h1,5H2,2-4H3. The van der Waals surface area contributed by atoms with Crippen LogP contribution in [0.25, 0.3) is 0 Å². The van der Waals surface area contributed by atoms with Gasteiger partial charge in [-0.1, -0.05) is 6.58 Å². The van der Waals surface area contributed by atoms with Gasteiger partial charge in [0.2, 0.25) is 0 Å². The summed E-state index contributed by atoms with van der Waals surface area (Å²) >= 11 is 0. The summed E-state index contributed by atoms with van der Waals surface area (Å²) in [6.45, 7) is 10.00. The van der Waals surface area contributed by atoms with Gasteiger partial charge in [-0.3, -0.25) is 4.90 Å². The zero-order chi connectivity index (χ0) is 8.65. The Morgan fingerprint density at radius 3 is 2.27 bits per heavy atom. The monoisotopic (exact) mass is 155 g/mol. The number of hydrogen-bond donors (Lipinski definition) is 0. The van der Waals surface area contributed by atoms with Gasteiger partial charge in [-0.05, 0) is 20.8 Å². The van der Waals surface area contributed by atoms with E-state index in [-0.39, 0.29) is 11.6 Å². The van der Waals surface area contributed by atoms with Crippen molar-refractivity contribution in [3.63, 3.8) is 0 Å². The molecule has 0 unspecified atom stereocenters. The Labute approximate surface area is 66.6 Å². The molecule has 0 N–H and O–H groups in total. The summed E-state index contributed by atoms with van der Waals surface area (Å²) in [7, 11) is 0. The summed E-state index contributed by atoms with van der Waals surface area (Å²) in [5.74, 6) is 0.532. The SMILES string of the molecule is C=C1CN(C(C)(C)C)C(=O)O1. The van der Waals surface area contributed by atoms with Crippen molar-refractivity contribution >= 4 is 6.09 Å². The largest absolute Gasteiger partial charge is 0.415 e. The zero-order valence-corrected chi connectivity index (χ0v) is 7.18. The summed E-state index contributed by atoms with van der Waals surface area (Å²) in [6, 6.07) is 0. The molecule has 0 aliphatic carbocycles. The molecular formula is C8H13NO2. The van der Waals surface area contributed by atoms with Crippen LogP contribution in [0.3, 0.4) is 0 Å². The normalized spacial score (nSPS) is 19.0. The van der Waals surface area contributed by atoms with Gasteiger partial charge in [0.15, 0.2) is 0 Å². The van der Waals surface area contributed by atoms with Gasteiger partial charge < -0.3 is 4.74 Å². The van der Waals surface area contributed by atoms with Gasteiger partial charge in [0.25, 0.3) is 0 Å². The number of amides is 1. The number of cyclic esters (lactones) is 1. The molecule has 0 aromatic carbocycles. The lowest BCUT2D eigenvalue weighted by molar-refractivity contribution is 0.137. The Balaban J connectivity index is 2.76. The van der Waals surface area contributed by atoms with Crippen molar-refractivity contribution < 1.29 is 9.53 Å². The minimum Gasteiger partial charge on any atom is -0.413 e. The number of nitrogens with zero attached hydrogens (tertiary/aromatic N) is 1. The van der Waals surface area contributed by atoms with E-state index in [1.165, 1.54) is 0 Å². The minimum absolute atomic E-state index is 0.170. The fourth-order valence-electron chi connectivity index (χ4n) is 0.963. The van der Waals surface area contributed by atoms with Crippen LogP contribution in [-0.2, 0) is 4.74 Å². The van der Waals surface area contributed by atoms with Gasteiger partial charge in [0, 0.05) is 5.54 Å². The van der Waals surface area contributed by atoms with Crippen molar-refractivity contribution in [2.75, 3.05) is 6.54 Å². The molecule has 1 rings (SSSR count). The van der Waals surface area contributed by atoms with Gasteiger partial charge in [0.1, 0.15) is 5.76 Å². The molecule has 1 saturated heterocycles. The molecule has 0 atom stereocenters. The van der Waals surface area contributed by atoms with Crippen LogP contribution >= 0.6 is 0 Å². The third kappa shape index (κ3) is 1.53. The van der Waals surface area contributed by atoms with Crippen LogP contribution in [0.2, 0.25) is 0 Å². The molecular weight excluding hydrogens is 142 g/mol. The number of carbonyl (C=O) groups is 1. The Morgan fingerprint density at radius 2 is 2.09 bits per heavy atom. The molecule has 0 aromatic rings. The number of hydrogen-bond acceptors (Lipinski definition) is 2. The summed E-state index contributed by atoms with van der Waals surface area (Å²) < 4.78 is 4.79. The lowest BCUT2D eigenvalue weighted by Gasteiger charge is -2.28. The number of carbonyl (C=O) groups excluding carboxylic acids is 1.